The van der Waals surface area contributed by atoms with Crippen molar-refractivity contribution in [3.05, 3.63) is 102 Å². The highest BCUT2D eigenvalue weighted by atomic mass is 16.5. The topological polar surface area (TPSA) is 18.5 Å². The molecule has 1 aliphatic carbocycles. The van der Waals surface area contributed by atoms with Gasteiger partial charge in [-0.25, -0.2) is 0 Å². The van der Waals surface area contributed by atoms with E-state index in [0.717, 1.165) is 22.4 Å². The van der Waals surface area contributed by atoms with E-state index in [9.17, 15) is 0 Å². The van der Waals surface area contributed by atoms with Crippen molar-refractivity contribution in [3.8, 4) is 22.6 Å². The molecular formula is C26H18O2. The summed E-state index contributed by atoms with van der Waals surface area (Å²) in [6, 6.07) is 27.4. The smallest absolute Gasteiger partial charge is 0.179 e. The van der Waals surface area contributed by atoms with Crippen molar-refractivity contribution in [2.75, 3.05) is 7.11 Å². The van der Waals surface area contributed by atoms with Gasteiger partial charge in [-0.15, -0.1) is 0 Å². The van der Waals surface area contributed by atoms with Gasteiger partial charge in [0.1, 0.15) is 11.5 Å². The van der Waals surface area contributed by atoms with Gasteiger partial charge in [0, 0.05) is 16.7 Å². The Kier molecular flexibility index (Phi) is 3.05. The molecule has 0 atom stereocenters. The molecule has 2 heteroatoms. The molecule has 0 unspecified atom stereocenters. The SMILES string of the molecule is COc1ccc2ccc3c(c2c1)C=CC1(O3)c2ccccc2-c2ccccc21. The summed E-state index contributed by atoms with van der Waals surface area (Å²) in [5.41, 5.74) is 5.41. The van der Waals surface area contributed by atoms with Crippen molar-refractivity contribution in [2.24, 2.45) is 0 Å². The van der Waals surface area contributed by atoms with Gasteiger partial charge in [0.05, 0.1) is 7.11 Å². The fraction of sp³-hybridized carbons (Fsp3) is 0.0769. The van der Waals surface area contributed by atoms with Crippen LogP contribution in [0, 0.1) is 0 Å². The van der Waals surface area contributed by atoms with E-state index in [-0.39, 0.29) is 0 Å². The molecule has 4 aromatic carbocycles. The third-order valence-corrected chi connectivity index (χ3v) is 5.93. The Morgan fingerprint density at radius 3 is 2.18 bits per heavy atom. The van der Waals surface area contributed by atoms with Crippen LogP contribution in [0.5, 0.6) is 11.5 Å². The summed E-state index contributed by atoms with van der Waals surface area (Å²) in [6.07, 6.45) is 4.42. The monoisotopic (exact) mass is 362 g/mol. The number of hydrogen-bond acceptors (Lipinski definition) is 2. The normalized spacial score (nSPS) is 15.0. The zero-order valence-corrected chi connectivity index (χ0v) is 15.5. The summed E-state index contributed by atoms with van der Waals surface area (Å²) in [7, 11) is 1.70. The second-order valence-corrected chi connectivity index (χ2v) is 7.33. The van der Waals surface area contributed by atoms with Gasteiger partial charge < -0.3 is 9.47 Å². The maximum absolute atomic E-state index is 6.79. The van der Waals surface area contributed by atoms with Gasteiger partial charge in [0.2, 0.25) is 0 Å². The van der Waals surface area contributed by atoms with Crippen LogP contribution < -0.4 is 9.47 Å². The number of hydrogen-bond donors (Lipinski definition) is 0. The van der Waals surface area contributed by atoms with Crippen molar-refractivity contribution >= 4 is 16.8 Å². The Morgan fingerprint density at radius 2 is 1.46 bits per heavy atom. The Labute approximate surface area is 163 Å². The Bertz CT molecular complexity index is 1240. The largest absolute Gasteiger partial charge is 0.497 e. The van der Waals surface area contributed by atoms with Crippen molar-refractivity contribution in [1.29, 1.82) is 0 Å². The van der Waals surface area contributed by atoms with Crippen molar-refractivity contribution in [2.45, 2.75) is 5.60 Å². The molecule has 1 aliphatic heterocycles. The van der Waals surface area contributed by atoms with E-state index in [1.807, 2.05) is 6.07 Å². The zero-order chi connectivity index (χ0) is 18.7. The van der Waals surface area contributed by atoms with Crippen molar-refractivity contribution in [1.82, 2.24) is 0 Å². The quantitative estimate of drug-likeness (QED) is 0.403. The second-order valence-electron chi connectivity index (χ2n) is 7.33. The van der Waals surface area contributed by atoms with Gasteiger partial charge in [0.25, 0.3) is 0 Å². The summed E-state index contributed by atoms with van der Waals surface area (Å²) in [4.78, 5) is 0. The van der Waals surface area contributed by atoms with Crippen LogP contribution >= 0.6 is 0 Å². The molecular weight excluding hydrogens is 344 g/mol. The zero-order valence-electron chi connectivity index (χ0n) is 15.5. The first-order valence-electron chi connectivity index (χ1n) is 9.48. The maximum atomic E-state index is 6.79. The molecule has 4 aromatic rings. The first-order chi connectivity index (χ1) is 13.8. The van der Waals surface area contributed by atoms with E-state index < -0.39 is 5.60 Å². The van der Waals surface area contributed by atoms with E-state index in [1.165, 1.54) is 27.6 Å². The Hall–Kier alpha value is -3.52. The van der Waals surface area contributed by atoms with Crippen molar-refractivity contribution in [3.63, 3.8) is 0 Å². The predicted octanol–water partition coefficient (Wildman–Crippen LogP) is 6.18. The molecule has 1 spiro atoms. The van der Waals surface area contributed by atoms with Gasteiger partial charge in [-0.3, -0.25) is 0 Å². The minimum absolute atomic E-state index is 0.577. The molecule has 1 heterocycles. The van der Waals surface area contributed by atoms with Gasteiger partial charge >= 0.3 is 0 Å². The molecule has 0 aromatic heterocycles. The van der Waals surface area contributed by atoms with Crippen LogP contribution in [0.2, 0.25) is 0 Å². The number of benzene rings is 4. The van der Waals surface area contributed by atoms with Gasteiger partial charge in [-0.2, -0.15) is 0 Å². The molecule has 0 radical (unpaired) electrons. The number of rotatable bonds is 1. The molecule has 0 fully saturated rings. The fourth-order valence-corrected chi connectivity index (χ4v) is 4.62. The molecule has 2 aliphatic rings. The molecule has 0 saturated carbocycles. The van der Waals surface area contributed by atoms with E-state index in [2.05, 4.69) is 84.9 Å². The summed E-state index contributed by atoms with van der Waals surface area (Å²) in [6.45, 7) is 0. The van der Waals surface area contributed by atoms with Crippen LogP contribution in [0.25, 0.3) is 28.0 Å². The lowest BCUT2D eigenvalue weighted by Crippen LogP contribution is -2.32. The third-order valence-electron chi connectivity index (χ3n) is 5.93. The highest BCUT2D eigenvalue weighted by molar-refractivity contribution is 5.95. The summed E-state index contributed by atoms with van der Waals surface area (Å²) in [5, 5.41) is 2.32. The van der Waals surface area contributed by atoms with Crippen LogP contribution in [0.4, 0.5) is 0 Å². The number of fused-ring (bicyclic) bond motifs is 8. The first-order valence-corrected chi connectivity index (χ1v) is 9.48. The Morgan fingerprint density at radius 1 is 0.786 bits per heavy atom. The highest BCUT2D eigenvalue weighted by Crippen LogP contribution is 2.53. The predicted molar refractivity (Wildman–Crippen MR) is 113 cm³/mol. The highest BCUT2D eigenvalue weighted by Gasteiger charge is 2.45. The standard InChI is InChI=1S/C26H18O2/c1-27-18-12-10-17-11-13-25-21(22(17)16-18)14-15-26(28-25)23-8-4-2-6-19(23)20-7-3-5-9-24(20)26/h2-16H,1H3. The van der Waals surface area contributed by atoms with Crippen LogP contribution in [0.15, 0.2) is 84.9 Å². The molecule has 6 rings (SSSR count). The number of ether oxygens (including phenoxy) is 2. The molecule has 0 N–H and O–H groups in total. The van der Waals surface area contributed by atoms with Crippen LogP contribution in [-0.2, 0) is 5.60 Å². The van der Waals surface area contributed by atoms with E-state index >= 15 is 0 Å². The average Bonchev–Trinajstić information content (AvgIpc) is 3.03. The summed E-state index contributed by atoms with van der Waals surface area (Å²) in [5.74, 6) is 1.75. The van der Waals surface area contributed by atoms with Gasteiger partial charge in [0.15, 0.2) is 5.60 Å². The first kappa shape index (κ1) is 15.5. The minimum atomic E-state index is -0.577. The van der Waals surface area contributed by atoms with E-state index in [0.29, 0.717) is 0 Å². The number of methoxy groups -OCH3 is 1. The second kappa shape index (κ2) is 5.49. The molecule has 28 heavy (non-hydrogen) atoms. The van der Waals surface area contributed by atoms with E-state index in [1.54, 1.807) is 7.11 Å². The molecule has 134 valence electrons. The van der Waals surface area contributed by atoms with E-state index in [4.69, 9.17) is 9.47 Å². The Balaban J connectivity index is 1.61. The lowest BCUT2D eigenvalue weighted by Gasteiger charge is -2.34. The molecule has 0 amide bonds. The summed E-state index contributed by atoms with van der Waals surface area (Å²) >= 11 is 0. The lowest BCUT2D eigenvalue weighted by atomic mass is 9.87. The summed E-state index contributed by atoms with van der Waals surface area (Å²) < 4.78 is 12.2. The molecule has 0 saturated heterocycles. The molecule has 0 bridgehead atoms. The van der Waals surface area contributed by atoms with Gasteiger partial charge in [-0.05, 0) is 52.3 Å². The minimum Gasteiger partial charge on any atom is -0.497 e. The fourth-order valence-electron chi connectivity index (χ4n) is 4.62. The van der Waals surface area contributed by atoms with Crippen LogP contribution in [-0.4, -0.2) is 7.11 Å². The van der Waals surface area contributed by atoms with Gasteiger partial charge in [-0.1, -0.05) is 60.7 Å². The maximum Gasteiger partial charge on any atom is 0.179 e. The van der Waals surface area contributed by atoms with Crippen LogP contribution in [0.1, 0.15) is 16.7 Å². The van der Waals surface area contributed by atoms with Crippen LogP contribution in [0.3, 0.4) is 0 Å². The lowest BCUT2D eigenvalue weighted by molar-refractivity contribution is 0.166. The van der Waals surface area contributed by atoms with Crippen molar-refractivity contribution < 1.29 is 9.47 Å². The third kappa shape index (κ3) is 1.92. The average molecular weight is 362 g/mol. The molecule has 2 nitrogen and oxygen atoms in total.